The van der Waals surface area contributed by atoms with Crippen LogP contribution in [0, 0.1) is 0 Å². The first kappa shape index (κ1) is 24.1. The molecule has 1 saturated heterocycles. The summed E-state index contributed by atoms with van der Waals surface area (Å²) in [5, 5.41) is 14.8. The van der Waals surface area contributed by atoms with Crippen LogP contribution in [0.15, 0.2) is 53.9 Å². The molecule has 5 rings (SSSR count). The Hall–Kier alpha value is -3.56. The van der Waals surface area contributed by atoms with Crippen molar-refractivity contribution in [1.29, 1.82) is 0 Å². The molecule has 1 amide bonds. The molecule has 4 heterocycles. The zero-order valence-electron chi connectivity index (χ0n) is 21.1. The Morgan fingerprint density at radius 3 is 2.69 bits per heavy atom. The Morgan fingerprint density at radius 2 is 1.97 bits per heavy atom. The number of aliphatic hydroxyl groups is 1. The maximum atomic E-state index is 13.2. The number of aromatic nitrogens is 5. The number of piperidine rings is 1. The molecule has 9 nitrogen and oxygen atoms in total. The van der Waals surface area contributed by atoms with Gasteiger partial charge in [-0.25, -0.2) is 0 Å². The van der Waals surface area contributed by atoms with Crippen LogP contribution in [0.5, 0.6) is 0 Å². The van der Waals surface area contributed by atoms with Crippen LogP contribution in [0.25, 0.3) is 22.3 Å². The average Bonchev–Trinajstić information content (AvgIpc) is 3.42. The second-order valence-corrected chi connectivity index (χ2v) is 10.3. The van der Waals surface area contributed by atoms with Crippen LogP contribution in [0.4, 0.5) is 0 Å². The van der Waals surface area contributed by atoms with Crippen LogP contribution in [-0.4, -0.2) is 58.9 Å². The summed E-state index contributed by atoms with van der Waals surface area (Å²) in [4.78, 5) is 27.8. The highest BCUT2D eigenvalue weighted by Crippen LogP contribution is 2.20. The topological polar surface area (TPSA) is 104 Å². The number of carbonyl (C=O) groups is 1. The van der Waals surface area contributed by atoms with E-state index in [4.69, 9.17) is 0 Å². The van der Waals surface area contributed by atoms with E-state index in [1.807, 2.05) is 23.9 Å². The molecule has 1 fully saturated rings. The fourth-order valence-corrected chi connectivity index (χ4v) is 4.77. The maximum Gasteiger partial charge on any atom is 0.280 e. The second kappa shape index (κ2) is 9.83. The Balaban J connectivity index is 1.51. The fourth-order valence-electron chi connectivity index (χ4n) is 4.77. The van der Waals surface area contributed by atoms with Gasteiger partial charge in [0.1, 0.15) is 0 Å². The van der Waals surface area contributed by atoms with Crippen LogP contribution in [0.1, 0.15) is 49.0 Å². The number of hydrogen-bond donors (Lipinski definition) is 2. The number of aryl methyl sites for hydroxylation is 1. The largest absolute Gasteiger partial charge is 0.389 e. The van der Waals surface area contributed by atoms with E-state index in [9.17, 15) is 9.90 Å². The summed E-state index contributed by atoms with van der Waals surface area (Å²) in [7, 11) is 1.84. The van der Waals surface area contributed by atoms with Crippen LogP contribution >= 0.6 is 0 Å². The summed E-state index contributed by atoms with van der Waals surface area (Å²) >= 11 is 0. The molecular formula is C27H33N7O2. The smallest absolute Gasteiger partial charge is 0.280 e. The van der Waals surface area contributed by atoms with Gasteiger partial charge in [0, 0.05) is 37.1 Å². The summed E-state index contributed by atoms with van der Waals surface area (Å²) in [6, 6.07) is 9.68. The third-order valence-corrected chi connectivity index (χ3v) is 6.47. The number of imidazole rings is 1. The van der Waals surface area contributed by atoms with Crippen LogP contribution in [0.2, 0.25) is 0 Å². The summed E-state index contributed by atoms with van der Waals surface area (Å²) in [6.45, 7) is 6.95. The van der Waals surface area contributed by atoms with E-state index < -0.39 is 5.60 Å². The van der Waals surface area contributed by atoms with Gasteiger partial charge in [0.05, 0.1) is 35.1 Å². The number of H-pyrrole nitrogens is 1. The molecule has 188 valence electrons. The molecule has 3 aromatic heterocycles. The molecule has 0 aliphatic carbocycles. The van der Waals surface area contributed by atoms with Crippen molar-refractivity contribution in [1.82, 2.24) is 29.2 Å². The number of carbonyl (C=O) groups excluding carboxylic acids is 1. The molecule has 0 spiro atoms. The van der Waals surface area contributed by atoms with Gasteiger partial charge in [-0.1, -0.05) is 12.5 Å². The summed E-state index contributed by atoms with van der Waals surface area (Å²) in [6.07, 6.45) is 8.98. The number of likely N-dealkylation sites (tertiary alicyclic amines) is 1. The van der Waals surface area contributed by atoms with E-state index in [0.717, 1.165) is 36.2 Å². The standard InChI is InChI=1S/C27H33N7O2/c1-27(2,36)18-34-24-8-7-19(16-33-11-5-4-6-12-33)13-23(24)30-26(34)31-25(35)20-9-10-28-22(14-20)21-15-29-32(3)17-21/h7-10,13-15,17,36H,4-6,11-12,16,18H2,1-3H3,(H,30,31,35). The molecule has 0 bridgehead atoms. The van der Waals surface area contributed by atoms with Gasteiger partial charge >= 0.3 is 0 Å². The van der Waals surface area contributed by atoms with Gasteiger partial charge in [0.15, 0.2) is 0 Å². The van der Waals surface area contributed by atoms with Gasteiger partial charge in [-0.3, -0.25) is 19.4 Å². The van der Waals surface area contributed by atoms with Crippen LogP contribution in [0.3, 0.4) is 0 Å². The van der Waals surface area contributed by atoms with E-state index in [2.05, 4.69) is 37.1 Å². The summed E-state index contributed by atoms with van der Waals surface area (Å²) in [5.41, 5.74) is 4.36. The first-order chi connectivity index (χ1) is 17.2. The molecule has 2 N–H and O–H groups in total. The van der Waals surface area contributed by atoms with Crippen molar-refractivity contribution in [3.8, 4) is 11.3 Å². The minimum absolute atomic E-state index is 0.294. The number of pyridine rings is 1. The maximum absolute atomic E-state index is 13.2. The third kappa shape index (κ3) is 5.47. The van der Waals surface area contributed by atoms with Crippen LogP contribution < -0.4 is 5.62 Å². The van der Waals surface area contributed by atoms with Crippen molar-refractivity contribution in [2.45, 2.75) is 51.8 Å². The predicted molar refractivity (Wildman–Crippen MR) is 138 cm³/mol. The van der Waals surface area contributed by atoms with E-state index in [1.54, 1.807) is 43.1 Å². The number of fused-ring (bicyclic) bond motifs is 1. The molecule has 36 heavy (non-hydrogen) atoms. The van der Waals surface area contributed by atoms with Crippen molar-refractivity contribution in [3.05, 3.63) is 65.7 Å². The van der Waals surface area contributed by atoms with E-state index >= 15 is 0 Å². The van der Waals surface area contributed by atoms with E-state index in [1.165, 1.54) is 24.8 Å². The summed E-state index contributed by atoms with van der Waals surface area (Å²) < 4.78 is 3.57. The van der Waals surface area contributed by atoms with Gasteiger partial charge < -0.3 is 14.7 Å². The third-order valence-electron chi connectivity index (χ3n) is 6.47. The normalized spacial score (nSPS) is 15.6. The molecular weight excluding hydrogens is 454 g/mol. The van der Waals surface area contributed by atoms with Gasteiger partial charge in [0.25, 0.3) is 5.91 Å². The highest BCUT2D eigenvalue weighted by Gasteiger charge is 2.19. The van der Waals surface area contributed by atoms with E-state index in [-0.39, 0.29) is 5.91 Å². The summed E-state index contributed by atoms with van der Waals surface area (Å²) in [5.74, 6) is -0.382. The average molecular weight is 488 g/mol. The lowest BCUT2D eigenvalue weighted by Crippen LogP contribution is -2.32. The van der Waals surface area contributed by atoms with E-state index in [0.29, 0.717) is 23.4 Å². The molecule has 1 aliphatic rings. The first-order valence-electron chi connectivity index (χ1n) is 12.5. The lowest BCUT2D eigenvalue weighted by Gasteiger charge is -2.26. The molecule has 1 aromatic carbocycles. The minimum Gasteiger partial charge on any atom is -0.389 e. The number of rotatable bonds is 6. The van der Waals surface area contributed by atoms with Gasteiger partial charge in [-0.05, 0) is 69.6 Å². The monoisotopic (exact) mass is 487 g/mol. The molecule has 0 unspecified atom stereocenters. The molecule has 1 aliphatic heterocycles. The Kier molecular flexibility index (Phi) is 6.59. The van der Waals surface area contributed by atoms with Crippen LogP contribution in [-0.2, 0) is 20.1 Å². The molecule has 9 heteroatoms. The lowest BCUT2D eigenvalue weighted by atomic mass is 10.1. The Bertz CT molecular complexity index is 1450. The Morgan fingerprint density at radius 1 is 1.17 bits per heavy atom. The number of benzene rings is 1. The van der Waals surface area contributed by atoms with Gasteiger partial charge in [-0.2, -0.15) is 10.1 Å². The highest BCUT2D eigenvalue weighted by atomic mass is 16.3. The van der Waals surface area contributed by atoms with Crippen molar-refractivity contribution in [2.24, 2.45) is 12.0 Å². The minimum atomic E-state index is -0.982. The van der Waals surface area contributed by atoms with Crippen molar-refractivity contribution in [3.63, 3.8) is 0 Å². The van der Waals surface area contributed by atoms with Crippen molar-refractivity contribution < 1.29 is 9.90 Å². The highest BCUT2D eigenvalue weighted by molar-refractivity contribution is 5.95. The number of aromatic amines is 1. The quantitative estimate of drug-likeness (QED) is 0.434. The van der Waals surface area contributed by atoms with Crippen molar-refractivity contribution >= 4 is 16.9 Å². The number of nitrogens with one attached hydrogen (secondary N) is 1. The molecule has 0 saturated carbocycles. The fraction of sp³-hybridized carbons (Fsp3) is 0.407. The second-order valence-electron chi connectivity index (χ2n) is 10.3. The van der Waals surface area contributed by atoms with Gasteiger partial charge in [-0.15, -0.1) is 0 Å². The SMILES string of the molecule is Cn1cc(-c2cc(C(=O)/N=c3\[nH]c4cc(CN5CCCCC5)ccc4n3CC(C)(C)O)ccn2)cn1. The molecule has 4 aromatic rings. The number of hydrogen-bond acceptors (Lipinski definition) is 5. The Labute approximate surface area is 210 Å². The molecule has 0 atom stereocenters. The number of nitrogens with zero attached hydrogens (tertiary/aromatic N) is 6. The van der Waals surface area contributed by atoms with Gasteiger partial charge in [0.2, 0.25) is 5.62 Å². The predicted octanol–water partition coefficient (Wildman–Crippen LogP) is 3.26. The zero-order valence-corrected chi connectivity index (χ0v) is 21.1. The number of amides is 1. The lowest BCUT2D eigenvalue weighted by molar-refractivity contribution is 0.0612. The first-order valence-corrected chi connectivity index (χ1v) is 12.5. The van der Waals surface area contributed by atoms with Crippen molar-refractivity contribution in [2.75, 3.05) is 13.1 Å². The molecule has 0 radical (unpaired) electrons. The zero-order chi connectivity index (χ0) is 25.3.